The highest BCUT2D eigenvalue weighted by atomic mass is 35.5. The third kappa shape index (κ3) is 6.05. The molecule has 1 atom stereocenters. The summed E-state index contributed by atoms with van der Waals surface area (Å²) in [5, 5.41) is 3.30. The number of carbonyl (C=O) groups is 2. The number of halogens is 2. The molecule has 1 aliphatic heterocycles. The number of hydrogen-bond donors (Lipinski definition) is 1. The summed E-state index contributed by atoms with van der Waals surface area (Å²) in [4.78, 5) is 27.4. The van der Waals surface area contributed by atoms with E-state index in [9.17, 15) is 9.59 Å². The van der Waals surface area contributed by atoms with E-state index in [0.717, 1.165) is 11.1 Å². The number of benzene rings is 3. The fourth-order valence-corrected chi connectivity index (χ4v) is 5.21. The fraction of sp³-hybridized carbons (Fsp3) is 0.115. The van der Waals surface area contributed by atoms with E-state index in [1.807, 2.05) is 49.4 Å². The first-order chi connectivity index (χ1) is 16.8. The molecule has 0 bridgehead atoms. The van der Waals surface area contributed by atoms with E-state index < -0.39 is 0 Å². The van der Waals surface area contributed by atoms with Crippen molar-refractivity contribution in [1.82, 2.24) is 4.90 Å². The van der Waals surface area contributed by atoms with E-state index in [2.05, 4.69) is 5.32 Å². The molecule has 35 heavy (non-hydrogen) atoms. The zero-order valence-corrected chi connectivity index (χ0v) is 21.7. The minimum Gasteiger partial charge on any atom is -0.484 e. The molecule has 1 saturated heterocycles. The smallest absolute Gasteiger partial charge is 0.266 e. The monoisotopic (exact) mass is 542 g/mol. The lowest BCUT2D eigenvalue weighted by molar-refractivity contribution is -0.123. The highest BCUT2D eigenvalue weighted by Gasteiger charge is 2.35. The molecule has 0 saturated carbocycles. The fourth-order valence-electron chi connectivity index (χ4n) is 3.44. The Morgan fingerprint density at radius 1 is 1.09 bits per heavy atom. The summed E-state index contributed by atoms with van der Waals surface area (Å²) in [6.07, 6.45) is 1.80. The first-order valence-electron chi connectivity index (χ1n) is 10.6. The van der Waals surface area contributed by atoms with E-state index in [1.165, 1.54) is 11.8 Å². The highest BCUT2D eigenvalue weighted by Crippen LogP contribution is 2.38. The van der Waals surface area contributed by atoms with Crippen molar-refractivity contribution >= 4 is 75.1 Å². The Hall–Kier alpha value is -2.84. The molecule has 178 valence electrons. The molecule has 1 heterocycles. The Labute approximate surface area is 223 Å². The number of rotatable bonds is 7. The summed E-state index contributed by atoms with van der Waals surface area (Å²) < 4.78 is 6.09. The van der Waals surface area contributed by atoms with Gasteiger partial charge in [0, 0.05) is 0 Å². The minimum absolute atomic E-state index is 0.118. The van der Waals surface area contributed by atoms with Crippen LogP contribution in [-0.2, 0) is 9.59 Å². The minimum atomic E-state index is -0.366. The van der Waals surface area contributed by atoms with Gasteiger partial charge in [-0.25, -0.2) is 0 Å². The van der Waals surface area contributed by atoms with E-state index in [4.69, 9.17) is 40.2 Å². The van der Waals surface area contributed by atoms with Crippen molar-refractivity contribution < 1.29 is 14.3 Å². The van der Waals surface area contributed by atoms with Crippen LogP contribution in [0, 0.1) is 0 Å². The van der Waals surface area contributed by atoms with Crippen LogP contribution in [0.15, 0.2) is 77.7 Å². The molecule has 9 heteroatoms. The summed E-state index contributed by atoms with van der Waals surface area (Å²) in [7, 11) is 0. The van der Waals surface area contributed by atoms with E-state index in [-0.39, 0.29) is 29.5 Å². The van der Waals surface area contributed by atoms with Crippen molar-refractivity contribution in [3.05, 3.63) is 98.9 Å². The van der Waals surface area contributed by atoms with Gasteiger partial charge in [0.2, 0.25) is 0 Å². The maximum atomic E-state index is 13.0. The lowest BCUT2D eigenvalue weighted by atomic mass is 10.1. The van der Waals surface area contributed by atoms with Gasteiger partial charge in [-0.2, -0.15) is 0 Å². The molecule has 4 rings (SSSR count). The molecule has 1 N–H and O–H groups in total. The van der Waals surface area contributed by atoms with Gasteiger partial charge in [0.15, 0.2) is 6.61 Å². The van der Waals surface area contributed by atoms with Gasteiger partial charge in [0.05, 0.1) is 26.7 Å². The van der Waals surface area contributed by atoms with Gasteiger partial charge in [-0.05, 0) is 48.4 Å². The van der Waals surface area contributed by atoms with Crippen molar-refractivity contribution in [2.45, 2.75) is 13.0 Å². The van der Waals surface area contributed by atoms with E-state index in [1.54, 1.807) is 41.3 Å². The van der Waals surface area contributed by atoms with Crippen LogP contribution in [0.25, 0.3) is 6.08 Å². The highest BCUT2D eigenvalue weighted by molar-refractivity contribution is 8.26. The number of nitrogens with zero attached hydrogens (tertiary/aromatic N) is 1. The van der Waals surface area contributed by atoms with Crippen molar-refractivity contribution in [2.75, 3.05) is 11.9 Å². The average molecular weight is 543 g/mol. The SMILES string of the molecule is C[C@H](c1ccccc1)N1C(=O)/C(=C/c2ccc(OCC(=O)Nc3cccc(Cl)c3Cl)cc2)SC1=S. The van der Waals surface area contributed by atoms with E-state index >= 15 is 0 Å². The summed E-state index contributed by atoms with van der Waals surface area (Å²) in [6.45, 7) is 1.77. The standard InChI is InChI=1S/C26H20Cl2N2O3S2/c1-16(18-6-3-2-4-7-18)30-25(32)22(35-26(30)34)14-17-10-12-19(13-11-17)33-15-23(31)29-21-9-5-8-20(27)24(21)28/h2-14,16H,15H2,1H3,(H,29,31)/b22-14-/t16-/m1/s1. The van der Waals surface area contributed by atoms with Crippen LogP contribution in [0.5, 0.6) is 5.75 Å². The molecule has 2 amide bonds. The molecular formula is C26H20Cl2N2O3S2. The summed E-state index contributed by atoms with van der Waals surface area (Å²) in [5.41, 5.74) is 2.26. The molecule has 0 aromatic heterocycles. The van der Waals surface area contributed by atoms with Gasteiger partial charge in [-0.15, -0.1) is 0 Å². The Morgan fingerprint density at radius 3 is 2.51 bits per heavy atom. The molecule has 1 aliphatic rings. The van der Waals surface area contributed by atoms with Gasteiger partial charge < -0.3 is 10.1 Å². The number of hydrogen-bond acceptors (Lipinski definition) is 5. The lowest BCUT2D eigenvalue weighted by Crippen LogP contribution is -2.30. The Morgan fingerprint density at radius 2 is 1.80 bits per heavy atom. The zero-order valence-electron chi connectivity index (χ0n) is 18.5. The molecule has 3 aromatic carbocycles. The van der Waals surface area contributed by atoms with Crippen molar-refractivity contribution in [3.63, 3.8) is 0 Å². The van der Waals surface area contributed by atoms with Gasteiger partial charge in [-0.3, -0.25) is 14.5 Å². The molecular weight excluding hydrogens is 523 g/mol. The Kier molecular flexibility index (Phi) is 8.13. The van der Waals surface area contributed by atoms with Crippen molar-refractivity contribution in [1.29, 1.82) is 0 Å². The first kappa shape index (κ1) is 25.3. The second kappa shape index (κ2) is 11.3. The van der Waals surface area contributed by atoms with Crippen LogP contribution in [0.1, 0.15) is 24.1 Å². The summed E-state index contributed by atoms with van der Waals surface area (Å²) >= 11 is 18.8. The molecule has 5 nitrogen and oxygen atoms in total. The summed E-state index contributed by atoms with van der Waals surface area (Å²) in [6, 6.07) is 21.7. The molecule has 1 fully saturated rings. The lowest BCUT2D eigenvalue weighted by Gasteiger charge is -2.23. The normalized spacial score (nSPS) is 15.4. The molecule has 0 unspecified atom stereocenters. The number of thioether (sulfide) groups is 1. The molecule has 0 spiro atoms. The predicted octanol–water partition coefficient (Wildman–Crippen LogP) is 6.97. The maximum absolute atomic E-state index is 13.0. The van der Waals surface area contributed by atoms with Crippen LogP contribution in [-0.4, -0.2) is 27.6 Å². The third-order valence-electron chi connectivity index (χ3n) is 5.27. The zero-order chi connectivity index (χ0) is 24.9. The molecule has 0 aliphatic carbocycles. The van der Waals surface area contributed by atoms with Crippen LogP contribution >= 0.6 is 47.2 Å². The Balaban J connectivity index is 1.37. The van der Waals surface area contributed by atoms with Crippen molar-refractivity contribution in [2.24, 2.45) is 0 Å². The van der Waals surface area contributed by atoms with E-state index in [0.29, 0.717) is 25.7 Å². The molecule has 0 radical (unpaired) electrons. The largest absolute Gasteiger partial charge is 0.484 e. The second-order valence-corrected chi connectivity index (χ2v) is 10.1. The number of amides is 2. The van der Waals surface area contributed by atoms with Crippen LogP contribution in [0.3, 0.4) is 0 Å². The number of thiocarbonyl (C=S) groups is 1. The average Bonchev–Trinajstić information content (AvgIpc) is 3.14. The quantitative estimate of drug-likeness (QED) is 0.258. The number of ether oxygens (including phenoxy) is 1. The van der Waals surface area contributed by atoms with Crippen molar-refractivity contribution in [3.8, 4) is 5.75 Å². The number of carbonyl (C=O) groups excluding carboxylic acids is 2. The molecule has 3 aromatic rings. The van der Waals surface area contributed by atoms with Gasteiger partial charge in [0.1, 0.15) is 10.1 Å². The summed E-state index contributed by atoms with van der Waals surface area (Å²) in [5.74, 6) is 0.0298. The van der Waals surface area contributed by atoms with Crippen LogP contribution < -0.4 is 10.1 Å². The third-order valence-corrected chi connectivity index (χ3v) is 7.42. The van der Waals surface area contributed by atoms with Crippen LogP contribution in [0.4, 0.5) is 5.69 Å². The number of anilines is 1. The first-order valence-corrected chi connectivity index (χ1v) is 12.6. The Bertz CT molecular complexity index is 1300. The van der Waals surface area contributed by atoms with Gasteiger partial charge >= 0.3 is 0 Å². The van der Waals surface area contributed by atoms with Gasteiger partial charge in [0.25, 0.3) is 11.8 Å². The second-order valence-electron chi connectivity index (χ2n) is 7.65. The van der Waals surface area contributed by atoms with Gasteiger partial charge in [-0.1, -0.05) is 95.7 Å². The predicted molar refractivity (Wildman–Crippen MR) is 147 cm³/mol. The number of nitrogens with one attached hydrogen (secondary N) is 1. The topological polar surface area (TPSA) is 58.6 Å². The maximum Gasteiger partial charge on any atom is 0.266 e. The van der Waals surface area contributed by atoms with Crippen LogP contribution in [0.2, 0.25) is 10.0 Å².